The molecule has 4 heteroatoms. The van der Waals surface area contributed by atoms with Crippen molar-refractivity contribution in [3.8, 4) is 0 Å². The Labute approximate surface area is 108 Å². The highest BCUT2D eigenvalue weighted by molar-refractivity contribution is 5.80. The Bertz CT molecular complexity index is 432. The molecule has 0 spiro atoms. The molecule has 3 N–H and O–H groups in total. The van der Waals surface area contributed by atoms with Gasteiger partial charge in [0.2, 0.25) is 5.91 Å². The van der Waals surface area contributed by atoms with Gasteiger partial charge in [0, 0.05) is 0 Å². The van der Waals surface area contributed by atoms with E-state index in [0.717, 1.165) is 0 Å². The van der Waals surface area contributed by atoms with Crippen LogP contribution in [0.1, 0.15) is 31.0 Å². The average Bonchev–Trinajstić information content (AvgIpc) is 2.35. The van der Waals surface area contributed by atoms with Gasteiger partial charge in [0.1, 0.15) is 0 Å². The molecule has 0 bridgehead atoms. The van der Waals surface area contributed by atoms with E-state index in [1.807, 2.05) is 26.0 Å². The zero-order valence-electron chi connectivity index (χ0n) is 10.8. The van der Waals surface area contributed by atoms with Crippen LogP contribution in [0.2, 0.25) is 0 Å². The van der Waals surface area contributed by atoms with Crippen LogP contribution in [0.3, 0.4) is 0 Å². The number of primary amides is 1. The first-order valence-electron chi connectivity index (χ1n) is 6.30. The van der Waals surface area contributed by atoms with Crippen LogP contribution in [0.5, 0.6) is 0 Å². The molecule has 18 heavy (non-hydrogen) atoms. The van der Waals surface area contributed by atoms with E-state index in [1.165, 1.54) is 11.1 Å². The number of ether oxygens (including phenoxy) is 1. The van der Waals surface area contributed by atoms with Gasteiger partial charge in [0.25, 0.3) is 0 Å². The number of nitrogens with two attached hydrogens (primary N) is 1. The zero-order valence-corrected chi connectivity index (χ0v) is 10.8. The molecule has 2 rings (SSSR count). The van der Waals surface area contributed by atoms with Crippen LogP contribution in [0.4, 0.5) is 0 Å². The lowest BCUT2D eigenvalue weighted by atomic mass is 9.96. The highest BCUT2D eigenvalue weighted by Gasteiger charge is 2.27. The van der Waals surface area contributed by atoms with Crippen molar-refractivity contribution in [2.24, 2.45) is 11.7 Å². The SMILES string of the molecule is CC(C)C(NC1COCc2ccccc21)C(N)=O. The molecule has 1 aliphatic rings. The minimum atomic E-state index is -0.329. The fourth-order valence-corrected chi connectivity index (χ4v) is 2.34. The van der Waals surface area contributed by atoms with Crippen LogP contribution in [0.15, 0.2) is 24.3 Å². The number of hydrogen-bond acceptors (Lipinski definition) is 3. The van der Waals surface area contributed by atoms with Crippen molar-refractivity contribution in [1.82, 2.24) is 5.32 Å². The monoisotopic (exact) mass is 248 g/mol. The standard InChI is InChI=1S/C14H20N2O2/c1-9(2)13(14(15)17)16-12-8-18-7-10-5-3-4-6-11(10)12/h3-6,9,12-13,16H,7-8H2,1-2H3,(H2,15,17). The van der Waals surface area contributed by atoms with Gasteiger partial charge in [0.05, 0.1) is 25.3 Å². The molecule has 1 heterocycles. The molecule has 0 radical (unpaired) electrons. The smallest absolute Gasteiger partial charge is 0.234 e. The number of carbonyl (C=O) groups is 1. The summed E-state index contributed by atoms with van der Waals surface area (Å²) in [5.74, 6) is -0.148. The fraction of sp³-hybridized carbons (Fsp3) is 0.500. The van der Waals surface area contributed by atoms with Gasteiger partial charge in [-0.15, -0.1) is 0 Å². The third-order valence-electron chi connectivity index (χ3n) is 3.33. The Kier molecular flexibility index (Phi) is 3.99. The van der Waals surface area contributed by atoms with Crippen LogP contribution in [0, 0.1) is 5.92 Å². The summed E-state index contributed by atoms with van der Waals surface area (Å²) in [6.07, 6.45) is 0. The van der Waals surface area contributed by atoms with Gasteiger partial charge in [-0.3, -0.25) is 10.1 Å². The van der Waals surface area contributed by atoms with Gasteiger partial charge in [-0.25, -0.2) is 0 Å². The third kappa shape index (κ3) is 2.71. The summed E-state index contributed by atoms with van der Waals surface area (Å²) in [6, 6.07) is 7.84. The number of hydrogen-bond donors (Lipinski definition) is 2. The van der Waals surface area contributed by atoms with Crippen molar-refractivity contribution in [1.29, 1.82) is 0 Å². The molecule has 0 saturated heterocycles. The van der Waals surface area contributed by atoms with E-state index in [1.54, 1.807) is 0 Å². The number of carbonyl (C=O) groups excluding carboxylic acids is 1. The second-order valence-electron chi connectivity index (χ2n) is 5.06. The summed E-state index contributed by atoms with van der Waals surface area (Å²) in [4.78, 5) is 11.4. The van der Waals surface area contributed by atoms with Crippen molar-refractivity contribution in [2.75, 3.05) is 6.61 Å². The maximum atomic E-state index is 11.4. The van der Waals surface area contributed by atoms with E-state index in [2.05, 4.69) is 17.4 Å². The molecule has 98 valence electrons. The Hall–Kier alpha value is -1.39. The number of fused-ring (bicyclic) bond motifs is 1. The molecule has 1 amide bonds. The molecule has 4 nitrogen and oxygen atoms in total. The van der Waals surface area contributed by atoms with E-state index in [0.29, 0.717) is 13.2 Å². The first kappa shape index (κ1) is 13.1. The second-order valence-corrected chi connectivity index (χ2v) is 5.06. The lowest BCUT2D eigenvalue weighted by Crippen LogP contribution is -2.48. The fourth-order valence-electron chi connectivity index (χ4n) is 2.34. The molecular formula is C14H20N2O2. The lowest BCUT2D eigenvalue weighted by Gasteiger charge is -2.30. The molecule has 1 aliphatic heterocycles. The quantitative estimate of drug-likeness (QED) is 0.845. The van der Waals surface area contributed by atoms with Crippen molar-refractivity contribution in [3.05, 3.63) is 35.4 Å². The minimum Gasteiger partial charge on any atom is -0.375 e. The Balaban J connectivity index is 2.18. The van der Waals surface area contributed by atoms with Gasteiger partial charge >= 0.3 is 0 Å². The second kappa shape index (κ2) is 5.50. The first-order valence-corrected chi connectivity index (χ1v) is 6.30. The van der Waals surface area contributed by atoms with Crippen molar-refractivity contribution in [2.45, 2.75) is 32.5 Å². The van der Waals surface area contributed by atoms with Crippen LogP contribution >= 0.6 is 0 Å². The molecule has 0 fully saturated rings. The normalized spacial score (nSPS) is 20.5. The van der Waals surface area contributed by atoms with Crippen molar-refractivity contribution >= 4 is 5.91 Å². The van der Waals surface area contributed by atoms with Crippen LogP contribution in [-0.4, -0.2) is 18.6 Å². The van der Waals surface area contributed by atoms with E-state index >= 15 is 0 Å². The zero-order chi connectivity index (χ0) is 13.1. The van der Waals surface area contributed by atoms with Crippen molar-refractivity contribution in [3.63, 3.8) is 0 Å². The Morgan fingerprint density at radius 2 is 2.17 bits per heavy atom. The van der Waals surface area contributed by atoms with Crippen LogP contribution in [0.25, 0.3) is 0 Å². The first-order chi connectivity index (χ1) is 8.59. The summed E-state index contributed by atoms with van der Waals surface area (Å²) in [5.41, 5.74) is 7.81. The maximum absolute atomic E-state index is 11.4. The predicted molar refractivity (Wildman–Crippen MR) is 69.8 cm³/mol. The Morgan fingerprint density at radius 1 is 1.44 bits per heavy atom. The maximum Gasteiger partial charge on any atom is 0.234 e. The lowest BCUT2D eigenvalue weighted by molar-refractivity contribution is -0.121. The number of benzene rings is 1. The van der Waals surface area contributed by atoms with Gasteiger partial charge in [-0.2, -0.15) is 0 Å². The van der Waals surface area contributed by atoms with Gasteiger partial charge in [-0.1, -0.05) is 38.1 Å². The highest BCUT2D eigenvalue weighted by Crippen LogP contribution is 2.25. The van der Waals surface area contributed by atoms with E-state index < -0.39 is 0 Å². The summed E-state index contributed by atoms with van der Waals surface area (Å²) < 4.78 is 5.55. The summed E-state index contributed by atoms with van der Waals surface area (Å²) in [6.45, 7) is 5.18. The van der Waals surface area contributed by atoms with Crippen LogP contribution < -0.4 is 11.1 Å². The molecule has 0 saturated carbocycles. The topological polar surface area (TPSA) is 64.3 Å². The van der Waals surface area contributed by atoms with E-state index in [-0.39, 0.29) is 23.9 Å². The summed E-state index contributed by atoms with van der Waals surface area (Å²) in [5, 5.41) is 3.31. The van der Waals surface area contributed by atoms with Crippen molar-refractivity contribution < 1.29 is 9.53 Å². The molecule has 0 aromatic heterocycles. The number of nitrogens with one attached hydrogen (secondary N) is 1. The number of amides is 1. The molecule has 1 aromatic carbocycles. The Morgan fingerprint density at radius 3 is 2.83 bits per heavy atom. The molecule has 2 unspecified atom stereocenters. The largest absolute Gasteiger partial charge is 0.375 e. The summed E-state index contributed by atoms with van der Waals surface area (Å²) >= 11 is 0. The minimum absolute atomic E-state index is 0.0369. The number of rotatable bonds is 4. The van der Waals surface area contributed by atoms with E-state index in [9.17, 15) is 4.79 Å². The third-order valence-corrected chi connectivity index (χ3v) is 3.33. The average molecular weight is 248 g/mol. The van der Waals surface area contributed by atoms with Gasteiger partial charge in [0.15, 0.2) is 0 Å². The van der Waals surface area contributed by atoms with Crippen LogP contribution in [-0.2, 0) is 16.1 Å². The van der Waals surface area contributed by atoms with E-state index in [4.69, 9.17) is 10.5 Å². The predicted octanol–water partition coefficient (Wildman–Crippen LogP) is 1.36. The molecule has 0 aliphatic carbocycles. The summed E-state index contributed by atoms with van der Waals surface area (Å²) in [7, 11) is 0. The highest BCUT2D eigenvalue weighted by atomic mass is 16.5. The molecular weight excluding hydrogens is 228 g/mol. The molecule has 2 atom stereocenters. The van der Waals surface area contributed by atoms with Gasteiger partial charge in [-0.05, 0) is 17.0 Å². The molecule has 1 aromatic rings. The van der Waals surface area contributed by atoms with Gasteiger partial charge < -0.3 is 10.5 Å².